The predicted molar refractivity (Wildman–Crippen MR) is 108 cm³/mol. The van der Waals surface area contributed by atoms with Gasteiger partial charge in [0.25, 0.3) is 0 Å². The van der Waals surface area contributed by atoms with E-state index in [1.807, 2.05) is 62.4 Å². The zero-order chi connectivity index (χ0) is 18.2. The molecule has 2 aromatic rings. The van der Waals surface area contributed by atoms with E-state index in [0.29, 0.717) is 0 Å². The summed E-state index contributed by atoms with van der Waals surface area (Å²) in [6, 6.07) is 15.3. The van der Waals surface area contributed by atoms with E-state index in [1.165, 1.54) is 11.8 Å². The number of halogens is 1. The molecule has 0 radical (unpaired) electrons. The molecule has 0 heterocycles. The van der Waals surface area contributed by atoms with Gasteiger partial charge < -0.3 is 10.6 Å². The van der Waals surface area contributed by atoms with Gasteiger partial charge in [0.2, 0.25) is 11.8 Å². The third kappa shape index (κ3) is 6.55. The maximum atomic E-state index is 12.0. The van der Waals surface area contributed by atoms with E-state index >= 15 is 0 Å². The molecular formula is C19H21BrN2O2S. The Balaban J connectivity index is 1.72. The lowest BCUT2D eigenvalue weighted by molar-refractivity contribution is -0.119. The maximum Gasteiger partial charge on any atom is 0.234 e. The molecule has 0 fully saturated rings. The minimum Gasteiger partial charge on any atom is -0.349 e. The Morgan fingerprint density at radius 1 is 1.04 bits per heavy atom. The fourth-order valence-electron chi connectivity index (χ4n) is 2.26. The van der Waals surface area contributed by atoms with Gasteiger partial charge in [-0.15, -0.1) is 11.8 Å². The van der Waals surface area contributed by atoms with Crippen LogP contribution < -0.4 is 10.6 Å². The number of hydrogen-bond acceptors (Lipinski definition) is 3. The molecule has 2 aromatic carbocycles. The number of hydrogen-bond donors (Lipinski definition) is 2. The number of aryl methyl sites for hydroxylation is 1. The Hall–Kier alpha value is -1.79. The van der Waals surface area contributed by atoms with Crippen LogP contribution in [0.2, 0.25) is 0 Å². The van der Waals surface area contributed by atoms with Crippen LogP contribution in [-0.2, 0) is 9.59 Å². The van der Waals surface area contributed by atoms with E-state index < -0.39 is 0 Å². The lowest BCUT2D eigenvalue weighted by Gasteiger charge is -2.15. The van der Waals surface area contributed by atoms with Crippen LogP contribution in [0.1, 0.15) is 24.1 Å². The zero-order valence-electron chi connectivity index (χ0n) is 14.2. The summed E-state index contributed by atoms with van der Waals surface area (Å²) in [5, 5.41) is 5.76. The summed E-state index contributed by atoms with van der Waals surface area (Å²) in [6.45, 7) is 3.93. The molecule has 0 saturated heterocycles. The van der Waals surface area contributed by atoms with Crippen LogP contribution in [0.15, 0.2) is 53.0 Å². The monoisotopic (exact) mass is 420 g/mol. The highest BCUT2D eigenvalue weighted by molar-refractivity contribution is 9.10. The Morgan fingerprint density at radius 2 is 1.68 bits per heavy atom. The van der Waals surface area contributed by atoms with Crippen LogP contribution in [0.5, 0.6) is 0 Å². The van der Waals surface area contributed by atoms with Crippen molar-refractivity contribution >= 4 is 45.2 Å². The van der Waals surface area contributed by atoms with Gasteiger partial charge in [0.1, 0.15) is 0 Å². The Bertz CT molecular complexity index is 734. The number of thioether (sulfide) groups is 1. The van der Waals surface area contributed by atoms with Gasteiger partial charge in [0, 0.05) is 10.2 Å². The molecule has 2 N–H and O–H groups in total. The van der Waals surface area contributed by atoms with E-state index in [-0.39, 0.29) is 29.4 Å². The van der Waals surface area contributed by atoms with E-state index in [4.69, 9.17) is 0 Å². The highest BCUT2D eigenvalue weighted by atomic mass is 79.9. The second kappa shape index (κ2) is 9.63. The smallest absolute Gasteiger partial charge is 0.234 e. The molecule has 4 nitrogen and oxygen atoms in total. The van der Waals surface area contributed by atoms with Gasteiger partial charge in [-0.05, 0) is 37.6 Å². The van der Waals surface area contributed by atoms with Gasteiger partial charge in [-0.1, -0.05) is 51.8 Å². The van der Waals surface area contributed by atoms with Crippen molar-refractivity contribution in [3.05, 3.63) is 64.1 Å². The first kappa shape index (κ1) is 19.5. The summed E-state index contributed by atoms with van der Waals surface area (Å²) in [6.07, 6.45) is 0. The first-order chi connectivity index (χ1) is 12.0. The summed E-state index contributed by atoms with van der Waals surface area (Å²) in [5.41, 5.74) is 2.93. The van der Waals surface area contributed by atoms with Crippen molar-refractivity contribution in [3.63, 3.8) is 0 Å². The molecule has 0 aromatic heterocycles. The summed E-state index contributed by atoms with van der Waals surface area (Å²) in [7, 11) is 0. The maximum absolute atomic E-state index is 12.0. The lowest BCUT2D eigenvalue weighted by atomic mass is 10.1. The number of benzene rings is 2. The van der Waals surface area contributed by atoms with Gasteiger partial charge in [-0.2, -0.15) is 0 Å². The number of anilines is 1. The molecule has 0 saturated carbocycles. The molecule has 0 aliphatic carbocycles. The van der Waals surface area contributed by atoms with Gasteiger partial charge in [0.05, 0.1) is 17.5 Å². The van der Waals surface area contributed by atoms with Crippen LogP contribution in [-0.4, -0.2) is 23.3 Å². The minimum atomic E-state index is -0.111. The Labute approximate surface area is 160 Å². The quantitative estimate of drug-likeness (QED) is 0.701. The molecule has 25 heavy (non-hydrogen) atoms. The molecule has 6 heteroatoms. The molecule has 0 spiro atoms. The van der Waals surface area contributed by atoms with Crippen LogP contribution >= 0.6 is 27.7 Å². The summed E-state index contributed by atoms with van der Waals surface area (Å²) < 4.78 is 0.966. The van der Waals surface area contributed by atoms with E-state index in [2.05, 4.69) is 26.6 Å². The minimum absolute atomic E-state index is 0.0867. The average molecular weight is 421 g/mol. The van der Waals surface area contributed by atoms with Crippen molar-refractivity contribution in [1.29, 1.82) is 0 Å². The molecule has 132 valence electrons. The fraction of sp³-hybridized carbons (Fsp3) is 0.263. The normalized spacial score (nSPS) is 11.6. The molecule has 0 aliphatic heterocycles. The topological polar surface area (TPSA) is 58.2 Å². The standard InChI is InChI=1S/C19H21BrN2O2S/c1-13-7-9-15(10-8-13)22-19(24)12-25-11-18(23)21-14(2)16-5-3-4-6-17(16)20/h3-10,14H,11-12H2,1-2H3,(H,21,23)(H,22,24). The van der Waals surface area contributed by atoms with Crippen molar-refractivity contribution < 1.29 is 9.59 Å². The second-order valence-electron chi connectivity index (χ2n) is 5.72. The number of amides is 2. The second-order valence-corrected chi connectivity index (χ2v) is 7.56. The summed E-state index contributed by atoms with van der Waals surface area (Å²) in [4.78, 5) is 23.9. The van der Waals surface area contributed by atoms with Gasteiger partial charge in [0.15, 0.2) is 0 Å². The average Bonchev–Trinajstić information content (AvgIpc) is 2.57. The van der Waals surface area contributed by atoms with Gasteiger partial charge in [-0.25, -0.2) is 0 Å². The summed E-state index contributed by atoms with van der Waals surface area (Å²) in [5.74, 6) is 0.290. The molecule has 1 unspecified atom stereocenters. The predicted octanol–water partition coefficient (Wildman–Crippen LogP) is 4.31. The number of rotatable bonds is 7. The fourth-order valence-corrected chi connectivity index (χ4v) is 3.51. The van der Waals surface area contributed by atoms with Crippen molar-refractivity contribution in [1.82, 2.24) is 5.32 Å². The highest BCUT2D eigenvalue weighted by Gasteiger charge is 2.12. The third-order valence-corrected chi connectivity index (χ3v) is 5.21. The number of carbonyl (C=O) groups is 2. The van der Waals surface area contributed by atoms with Crippen LogP contribution in [0, 0.1) is 6.92 Å². The third-order valence-electron chi connectivity index (χ3n) is 3.55. The molecule has 2 rings (SSSR count). The number of nitrogens with one attached hydrogen (secondary N) is 2. The zero-order valence-corrected chi connectivity index (χ0v) is 16.6. The SMILES string of the molecule is Cc1ccc(NC(=O)CSCC(=O)NC(C)c2ccccc2Br)cc1. The molecule has 1 atom stereocenters. The molecule has 0 aliphatic rings. The molecule has 2 amide bonds. The van der Waals surface area contributed by atoms with E-state index in [9.17, 15) is 9.59 Å². The Morgan fingerprint density at radius 3 is 2.36 bits per heavy atom. The molecular weight excluding hydrogens is 400 g/mol. The van der Waals surface area contributed by atoms with Crippen LogP contribution in [0.3, 0.4) is 0 Å². The first-order valence-electron chi connectivity index (χ1n) is 7.94. The number of carbonyl (C=O) groups excluding carboxylic acids is 2. The first-order valence-corrected chi connectivity index (χ1v) is 9.88. The van der Waals surface area contributed by atoms with Crippen LogP contribution in [0.25, 0.3) is 0 Å². The van der Waals surface area contributed by atoms with Crippen molar-refractivity contribution in [2.45, 2.75) is 19.9 Å². The summed E-state index contributed by atoms with van der Waals surface area (Å²) >= 11 is 4.78. The van der Waals surface area contributed by atoms with Crippen LogP contribution in [0.4, 0.5) is 5.69 Å². The van der Waals surface area contributed by atoms with Crippen molar-refractivity contribution in [3.8, 4) is 0 Å². The Kier molecular flexibility index (Phi) is 7.52. The highest BCUT2D eigenvalue weighted by Crippen LogP contribution is 2.22. The van der Waals surface area contributed by atoms with E-state index in [0.717, 1.165) is 21.3 Å². The van der Waals surface area contributed by atoms with Crippen molar-refractivity contribution in [2.24, 2.45) is 0 Å². The largest absolute Gasteiger partial charge is 0.349 e. The van der Waals surface area contributed by atoms with Gasteiger partial charge in [-0.3, -0.25) is 9.59 Å². The molecule has 0 bridgehead atoms. The van der Waals surface area contributed by atoms with E-state index in [1.54, 1.807) is 0 Å². The lowest BCUT2D eigenvalue weighted by Crippen LogP contribution is -2.29. The van der Waals surface area contributed by atoms with Crippen molar-refractivity contribution in [2.75, 3.05) is 16.8 Å². The van der Waals surface area contributed by atoms with Gasteiger partial charge >= 0.3 is 0 Å².